The second-order valence-electron chi connectivity index (χ2n) is 6.95. The second kappa shape index (κ2) is 6.47. The van der Waals surface area contributed by atoms with Gasteiger partial charge in [-0.3, -0.25) is 9.59 Å². The lowest BCUT2D eigenvalue weighted by molar-refractivity contribution is -0.160. The van der Waals surface area contributed by atoms with Gasteiger partial charge in [-0.05, 0) is 40.5 Å². The highest BCUT2D eigenvalue weighted by Gasteiger charge is 2.54. The fourth-order valence-corrected chi connectivity index (χ4v) is 2.98. The third-order valence-electron chi connectivity index (χ3n) is 4.01. The van der Waals surface area contributed by atoms with Crippen molar-refractivity contribution in [3.05, 3.63) is 0 Å². The predicted molar refractivity (Wildman–Crippen MR) is 80.9 cm³/mol. The summed E-state index contributed by atoms with van der Waals surface area (Å²) < 4.78 is 16.0. The van der Waals surface area contributed by atoms with Crippen molar-refractivity contribution >= 4 is 17.8 Å². The van der Waals surface area contributed by atoms with E-state index in [0.717, 1.165) is 0 Å². The van der Waals surface area contributed by atoms with Crippen LogP contribution in [0.5, 0.6) is 0 Å². The van der Waals surface area contributed by atoms with Crippen LogP contribution in [0, 0.1) is 5.92 Å². The van der Waals surface area contributed by atoms with Gasteiger partial charge in [0.05, 0.1) is 19.8 Å². The van der Waals surface area contributed by atoms with E-state index in [4.69, 9.17) is 14.2 Å². The highest BCUT2D eigenvalue weighted by Crippen LogP contribution is 2.37. The number of amides is 1. The molecule has 2 unspecified atom stereocenters. The molecule has 2 rings (SSSR count). The molecule has 130 valence electrons. The maximum absolute atomic E-state index is 12.6. The van der Waals surface area contributed by atoms with Crippen molar-refractivity contribution < 1.29 is 28.6 Å². The van der Waals surface area contributed by atoms with E-state index in [-0.39, 0.29) is 25.5 Å². The number of Topliss-reactive ketones (excluding diaryl/α,β-unsaturated/α-hetero) is 1. The molecule has 0 aromatic heterocycles. The fourth-order valence-electron chi connectivity index (χ4n) is 2.98. The minimum absolute atomic E-state index is 0.122. The fraction of sp³-hybridized carbons (Fsp3) is 0.812. The number of carbonyl (C=O) groups excluding carboxylic acids is 3. The van der Waals surface area contributed by atoms with Crippen LogP contribution < -0.4 is 0 Å². The molecule has 0 N–H and O–H groups in total. The van der Waals surface area contributed by atoms with Crippen molar-refractivity contribution in [1.29, 1.82) is 0 Å². The minimum Gasteiger partial charge on any atom is -0.465 e. The van der Waals surface area contributed by atoms with Crippen molar-refractivity contribution in [2.45, 2.75) is 51.7 Å². The summed E-state index contributed by atoms with van der Waals surface area (Å²) in [5, 5.41) is 0. The molecule has 1 aliphatic carbocycles. The summed E-state index contributed by atoms with van der Waals surface area (Å²) in [5.74, 6) is -1.59. The van der Waals surface area contributed by atoms with Crippen molar-refractivity contribution in [3.63, 3.8) is 0 Å². The van der Waals surface area contributed by atoms with Gasteiger partial charge in [0.1, 0.15) is 17.1 Å². The first-order chi connectivity index (χ1) is 10.7. The molecule has 0 aromatic carbocycles. The molecule has 1 spiro atoms. The van der Waals surface area contributed by atoms with E-state index in [0.29, 0.717) is 19.4 Å². The Morgan fingerprint density at radius 1 is 1.39 bits per heavy atom. The number of morpholine rings is 1. The number of carbonyl (C=O) groups is 3. The second-order valence-corrected chi connectivity index (χ2v) is 6.95. The van der Waals surface area contributed by atoms with Gasteiger partial charge in [0, 0.05) is 6.54 Å². The molecule has 1 amide bonds. The van der Waals surface area contributed by atoms with Gasteiger partial charge in [-0.1, -0.05) is 0 Å². The Morgan fingerprint density at radius 3 is 2.70 bits per heavy atom. The molecule has 2 atom stereocenters. The smallest absolute Gasteiger partial charge is 0.410 e. The molecule has 0 bridgehead atoms. The van der Waals surface area contributed by atoms with Crippen molar-refractivity contribution in [2.24, 2.45) is 5.92 Å². The van der Waals surface area contributed by atoms with Crippen LogP contribution in [0.25, 0.3) is 0 Å². The largest absolute Gasteiger partial charge is 0.465 e. The summed E-state index contributed by atoms with van der Waals surface area (Å²) >= 11 is 0. The quantitative estimate of drug-likeness (QED) is 0.565. The predicted octanol–water partition coefficient (Wildman–Crippen LogP) is 1.53. The molecule has 7 heteroatoms. The van der Waals surface area contributed by atoms with Crippen LogP contribution in [0.15, 0.2) is 0 Å². The maximum atomic E-state index is 12.6. The zero-order valence-corrected chi connectivity index (χ0v) is 14.2. The first kappa shape index (κ1) is 17.7. The molecule has 7 nitrogen and oxygen atoms in total. The number of hydrogen-bond donors (Lipinski definition) is 0. The van der Waals surface area contributed by atoms with Gasteiger partial charge in [-0.15, -0.1) is 0 Å². The SMILES string of the molecule is CCOC(=O)C1CCC2(CN(C(=O)OC(C)(C)C)CCO2)C1=O. The van der Waals surface area contributed by atoms with Gasteiger partial charge in [0.25, 0.3) is 0 Å². The number of esters is 1. The molecule has 1 saturated carbocycles. The van der Waals surface area contributed by atoms with E-state index in [2.05, 4.69) is 0 Å². The van der Waals surface area contributed by atoms with Gasteiger partial charge < -0.3 is 19.1 Å². The lowest BCUT2D eigenvalue weighted by Crippen LogP contribution is -2.57. The van der Waals surface area contributed by atoms with Gasteiger partial charge in [0.2, 0.25) is 0 Å². The molecular formula is C16H25NO6. The molecule has 0 radical (unpaired) electrons. The van der Waals surface area contributed by atoms with Crippen molar-refractivity contribution in [2.75, 3.05) is 26.3 Å². The average molecular weight is 327 g/mol. The number of ether oxygens (including phenoxy) is 3. The van der Waals surface area contributed by atoms with E-state index in [1.54, 1.807) is 27.7 Å². The van der Waals surface area contributed by atoms with Gasteiger partial charge >= 0.3 is 12.1 Å². The molecule has 2 fully saturated rings. The Balaban J connectivity index is 2.07. The Kier molecular flexibility index (Phi) is 4.98. The number of hydrogen-bond acceptors (Lipinski definition) is 6. The molecule has 0 aromatic rings. The summed E-state index contributed by atoms with van der Waals surface area (Å²) in [6.07, 6.45) is 0.335. The Bertz CT molecular complexity index is 497. The Morgan fingerprint density at radius 2 is 2.09 bits per heavy atom. The Labute approximate surface area is 136 Å². The lowest BCUT2D eigenvalue weighted by atomic mass is 9.96. The summed E-state index contributed by atoms with van der Waals surface area (Å²) in [6.45, 7) is 8.05. The minimum atomic E-state index is -1.10. The zero-order valence-electron chi connectivity index (χ0n) is 14.2. The molecule has 1 saturated heterocycles. The lowest BCUT2D eigenvalue weighted by Gasteiger charge is -2.39. The summed E-state index contributed by atoms with van der Waals surface area (Å²) in [6, 6.07) is 0. The van der Waals surface area contributed by atoms with Crippen LogP contribution >= 0.6 is 0 Å². The van der Waals surface area contributed by atoms with Gasteiger partial charge in [0.15, 0.2) is 5.78 Å². The van der Waals surface area contributed by atoms with Gasteiger partial charge in [-0.2, -0.15) is 0 Å². The van der Waals surface area contributed by atoms with Crippen LogP contribution in [0.1, 0.15) is 40.5 Å². The highest BCUT2D eigenvalue weighted by molar-refractivity contribution is 6.05. The summed E-state index contributed by atoms with van der Waals surface area (Å²) in [7, 11) is 0. The number of rotatable bonds is 2. The topological polar surface area (TPSA) is 82.1 Å². The normalized spacial score (nSPS) is 28.1. The van der Waals surface area contributed by atoms with E-state index in [1.807, 2.05) is 0 Å². The molecule has 23 heavy (non-hydrogen) atoms. The summed E-state index contributed by atoms with van der Waals surface area (Å²) in [4.78, 5) is 38.2. The van der Waals surface area contributed by atoms with Gasteiger partial charge in [-0.25, -0.2) is 4.79 Å². The first-order valence-corrected chi connectivity index (χ1v) is 8.01. The molecule has 1 heterocycles. The number of ketones is 1. The van der Waals surface area contributed by atoms with E-state index in [9.17, 15) is 14.4 Å². The highest BCUT2D eigenvalue weighted by atomic mass is 16.6. The van der Waals surface area contributed by atoms with E-state index >= 15 is 0 Å². The van der Waals surface area contributed by atoms with Crippen molar-refractivity contribution in [3.8, 4) is 0 Å². The Hall–Kier alpha value is -1.63. The molecule has 1 aliphatic heterocycles. The van der Waals surface area contributed by atoms with Crippen LogP contribution in [0.3, 0.4) is 0 Å². The van der Waals surface area contributed by atoms with Crippen LogP contribution in [0.2, 0.25) is 0 Å². The van der Waals surface area contributed by atoms with E-state index < -0.39 is 29.2 Å². The van der Waals surface area contributed by atoms with Crippen molar-refractivity contribution in [1.82, 2.24) is 4.90 Å². The maximum Gasteiger partial charge on any atom is 0.410 e. The first-order valence-electron chi connectivity index (χ1n) is 8.01. The van der Waals surface area contributed by atoms with Crippen LogP contribution in [-0.4, -0.2) is 60.3 Å². The molecular weight excluding hydrogens is 302 g/mol. The monoisotopic (exact) mass is 327 g/mol. The van der Waals surface area contributed by atoms with Crippen LogP contribution in [0.4, 0.5) is 4.79 Å². The van der Waals surface area contributed by atoms with Crippen LogP contribution in [-0.2, 0) is 23.8 Å². The third-order valence-corrected chi connectivity index (χ3v) is 4.01. The summed E-state index contributed by atoms with van der Waals surface area (Å²) in [5.41, 5.74) is -1.71. The zero-order chi connectivity index (χ0) is 17.3. The third kappa shape index (κ3) is 3.83. The van der Waals surface area contributed by atoms with E-state index in [1.165, 1.54) is 4.90 Å². The molecule has 2 aliphatic rings. The standard InChI is InChI=1S/C16H25NO6/c1-5-21-13(19)11-6-7-16(12(11)18)10-17(8-9-22-16)14(20)23-15(2,3)4/h11H,5-10H2,1-4H3. The average Bonchev–Trinajstić information content (AvgIpc) is 2.75. The number of nitrogens with zero attached hydrogens (tertiary/aromatic N) is 1.